The first kappa shape index (κ1) is 26.0. The maximum atomic E-state index is 13.8. The minimum atomic E-state index is -4.55. The molecule has 2 heterocycles. The third-order valence-electron chi connectivity index (χ3n) is 6.84. The molecular formula is C27H31F3N2O4. The monoisotopic (exact) mass is 504 g/mol. The van der Waals surface area contributed by atoms with Crippen molar-refractivity contribution in [3.63, 3.8) is 0 Å². The SMILES string of the molecule is CCN1CCOc2ccccc2CCCCC2(CN(C(=O)c3cccc(C(F)(F)F)c3)CCO2)C1=O. The van der Waals surface area contributed by atoms with E-state index in [1.807, 2.05) is 31.2 Å². The lowest BCUT2D eigenvalue weighted by Crippen LogP contribution is -2.62. The summed E-state index contributed by atoms with van der Waals surface area (Å²) in [6, 6.07) is 12.3. The van der Waals surface area contributed by atoms with Crippen molar-refractivity contribution in [3.8, 4) is 5.75 Å². The van der Waals surface area contributed by atoms with Crippen molar-refractivity contribution in [2.45, 2.75) is 44.4 Å². The maximum Gasteiger partial charge on any atom is 0.416 e. The van der Waals surface area contributed by atoms with Crippen molar-refractivity contribution < 1.29 is 32.2 Å². The second-order valence-corrected chi connectivity index (χ2v) is 9.20. The number of nitrogens with zero attached hydrogens (tertiary/aromatic N) is 2. The zero-order valence-electron chi connectivity index (χ0n) is 20.4. The molecule has 2 aromatic carbocycles. The van der Waals surface area contributed by atoms with Crippen molar-refractivity contribution in [2.75, 3.05) is 39.4 Å². The van der Waals surface area contributed by atoms with Crippen LogP contribution in [-0.2, 0) is 22.1 Å². The van der Waals surface area contributed by atoms with Gasteiger partial charge in [-0.15, -0.1) is 0 Å². The lowest BCUT2D eigenvalue weighted by atomic mass is 9.90. The number of halogens is 3. The van der Waals surface area contributed by atoms with Crippen LogP contribution in [0.25, 0.3) is 0 Å². The highest BCUT2D eigenvalue weighted by molar-refractivity contribution is 5.95. The highest BCUT2D eigenvalue weighted by atomic mass is 19.4. The van der Waals surface area contributed by atoms with E-state index in [0.717, 1.165) is 36.3 Å². The van der Waals surface area contributed by atoms with Crippen LogP contribution in [0.3, 0.4) is 0 Å². The molecule has 36 heavy (non-hydrogen) atoms. The number of carbonyl (C=O) groups excluding carboxylic acids is 2. The van der Waals surface area contributed by atoms with E-state index in [2.05, 4.69) is 0 Å². The maximum absolute atomic E-state index is 13.8. The summed E-state index contributed by atoms with van der Waals surface area (Å²) in [5.74, 6) is 0.0649. The Kier molecular flexibility index (Phi) is 7.88. The number of alkyl halides is 3. The minimum absolute atomic E-state index is 0.00510. The normalized spacial score (nSPS) is 21.8. The summed E-state index contributed by atoms with van der Waals surface area (Å²) in [5.41, 5.74) is -1.08. The molecule has 4 rings (SSSR count). The van der Waals surface area contributed by atoms with E-state index in [0.29, 0.717) is 32.5 Å². The van der Waals surface area contributed by atoms with Gasteiger partial charge in [0.2, 0.25) is 0 Å². The molecule has 0 radical (unpaired) electrons. The third-order valence-corrected chi connectivity index (χ3v) is 6.84. The number of fused-ring (bicyclic) bond motifs is 1. The van der Waals surface area contributed by atoms with Crippen LogP contribution in [0.1, 0.15) is 47.7 Å². The van der Waals surface area contributed by atoms with E-state index in [-0.39, 0.29) is 31.2 Å². The van der Waals surface area contributed by atoms with Gasteiger partial charge in [0.25, 0.3) is 11.8 Å². The van der Waals surface area contributed by atoms with Crippen molar-refractivity contribution in [3.05, 3.63) is 65.2 Å². The lowest BCUT2D eigenvalue weighted by Gasteiger charge is -2.44. The Balaban J connectivity index is 1.57. The third kappa shape index (κ3) is 5.67. The van der Waals surface area contributed by atoms with E-state index in [4.69, 9.17) is 9.47 Å². The highest BCUT2D eigenvalue weighted by Gasteiger charge is 2.46. The summed E-state index contributed by atoms with van der Waals surface area (Å²) in [6.07, 6.45) is -1.87. The van der Waals surface area contributed by atoms with Crippen molar-refractivity contribution in [1.82, 2.24) is 9.80 Å². The number of amides is 2. The van der Waals surface area contributed by atoms with Gasteiger partial charge in [-0.3, -0.25) is 9.59 Å². The molecule has 1 unspecified atom stereocenters. The molecule has 1 spiro atoms. The van der Waals surface area contributed by atoms with Gasteiger partial charge in [0.15, 0.2) is 5.60 Å². The van der Waals surface area contributed by atoms with E-state index < -0.39 is 23.2 Å². The quantitative estimate of drug-likeness (QED) is 0.601. The highest BCUT2D eigenvalue weighted by Crippen LogP contribution is 2.32. The van der Waals surface area contributed by atoms with Crippen LogP contribution < -0.4 is 4.74 Å². The van der Waals surface area contributed by atoms with E-state index in [1.165, 1.54) is 17.0 Å². The molecule has 0 N–H and O–H groups in total. The molecule has 2 aliphatic heterocycles. The van der Waals surface area contributed by atoms with Crippen LogP contribution in [0, 0.1) is 0 Å². The predicted octanol–water partition coefficient (Wildman–Crippen LogP) is 4.57. The number of hydrogen-bond acceptors (Lipinski definition) is 4. The second kappa shape index (κ2) is 10.9. The predicted molar refractivity (Wildman–Crippen MR) is 128 cm³/mol. The van der Waals surface area contributed by atoms with Crippen molar-refractivity contribution >= 4 is 11.8 Å². The molecule has 9 heteroatoms. The minimum Gasteiger partial charge on any atom is -0.491 e. The van der Waals surface area contributed by atoms with E-state index in [1.54, 1.807) is 4.90 Å². The standard InChI is InChI=1S/C27H31F3N2O4/c1-2-31-14-16-35-23-12-4-3-8-20(23)9-5-6-13-26(25(31)34)19-32(15-17-36-26)24(33)21-10-7-11-22(18-21)27(28,29)30/h3-4,7-8,10-12,18H,2,5-6,9,13-17,19H2,1H3. The lowest BCUT2D eigenvalue weighted by molar-refractivity contribution is -0.170. The summed E-state index contributed by atoms with van der Waals surface area (Å²) in [7, 11) is 0. The van der Waals surface area contributed by atoms with Gasteiger partial charge in [-0.05, 0) is 62.4 Å². The molecule has 0 bridgehead atoms. The molecule has 194 valence electrons. The fourth-order valence-corrected chi connectivity index (χ4v) is 4.89. The molecule has 0 aromatic heterocycles. The number of hydrogen-bond donors (Lipinski definition) is 0. The first-order chi connectivity index (χ1) is 17.2. The zero-order chi connectivity index (χ0) is 25.8. The van der Waals surface area contributed by atoms with Gasteiger partial charge in [-0.25, -0.2) is 0 Å². The van der Waals surface area contributed by atoms with Crippen LogP contribution in [-0.4, -0.2) is 66.6 Å². The molecule has 0 aliphatic carbocycles. The van der Waals surface area contributed by atoms with Gasteiger partial charge in [-0.2, -0.15) is 13.2 Å². The molecule has 2 amide bonds. The second-order valence-electron chi connectivity index (χ2n) is 9.20. The first-order valence-corrected chi connectivity index (χ1v) is 12.3. The van der Waals surface area contributed by atoms with Crippen molar-refractivity contribution in [1.29, 1.82) is 0 Å². The fourth-order valence-electron chi connectivity index (χ4n) is 4.89. The molecule has 1 saturated heterocycles. The average Bonchev–Trinajstić information content (AvgIpc) is 2.88. The van der Waals surface area contributed by atoms with Gasteiger partial charge in [0.1, 0.15) is 12.4 Å². The first-order valence-electron chi connectivity index (χ1n) is 12.3. The van der Waals surface area contributed by atoms with Crippen LogP contribution in [0.2, 0.25) is 0 Å². The number of ether oxygens (including phenoxy) is 2. The van der Waals surface area contributed by atoms with Crippen molar-refractivity contribution in [2.24, 2.45) is 0 Å². The van der Waals surface area contributed by atoms with Gasteiger partial charge in [-0.1, -0.05) is 24.3 Å². The molecule has 1 atom stereocenters. The number of para-hydroxylation sites is 1. The fraction of sp³-hybridized carbons (Fsp3) is 0.481. The Morgan fingerprint density at radius 3 is 2.64 bits per heavy atom. The average molecular weight is 505 g/mol. The molecule has 2 aromatic rings. The number of likely N-dealkylation sites (N-methyl/N-ethyl adjacent to an activating group) is 1. The van der Waals surface area contributed by atoms with E-state index in [9.17, 15) is 22.8 Å². The van der Waals surface area contributed by atoms with Gasteiger partial charge in [0, 0.05) is 18.7 Å². The Hall–Kier alpha value is -3.07. The van der Waals surface area contributed by atoms with Crippen LogP contribution in [0.15, 0.2) is 48.5 Å². The molecular weight excluding hydrogens is 473 g/mol. The Bertz CT molecular complexity index is 1090. The molecule has 2 aliphatic rings. The number of rotatable bonds is 2. The summed E-state index contributed by atoms with van der Waals surface area (Å²) in [5, 5.41) is 0. The zero-order valence-corrected chi connectivity index (χ0v) is 20.4. The van der Waals surface area contributed by atoms with Crippen LogP contribution in [0.4, 0.5) is 13.2 Å². The Morgan fingerprint density at radius 1 is 1.06 bits per heavy atom. The molecule has 0 saturated carbocycles. The van der Waals surface area contributed by atoms with Gasteiger partial charge < -0.3 is 19.3 Å². The summed E-state index contributed by atoms with van der Waals surface area (Å²) in [6.45, 7) is 3.32. The molecule has 1 fully saturated rings. The topological polar surface area (TPSA) is 59.1 Å². The van der Waals surface area contributed by atoms with Gasteiger partial charge in [0.05, 0.1) is 25.3 Å². The Morgan fingerprint density at radius 2 is 1.86 bits per heavy atom. The van der Waals surface area contributed by atoms with Crippen LogP contribution >= 0.6 is 0 Å². The smallest absolute Gasteiger partial charge is 0.416 e. The largest absolute Gasteiger partial charge is 0.491 e. The number of aryl methyl sites for hydroxylation is 1. The van der Waals surface area contributed by atoms with Crippen LogP contribution in [0.5, 0.6) is 5.75 Å². The van der Waals surface area contributed by atoms with E-state index >= 15 is 0 Å². The Labute approximate surface area is 209 Å². The summed E-state index contributed by atoms with van der Waals surface area (Å²) in [4.78, 5) is 30.1. The molecule has 6 nitrogen and oxygen atoms in total. The number of morpholine rings is 1. The van der Waals surface area contributed by atoms with Gasteiger partial charge >= 0.3 is 6.18 Å². The summed E-state index contributed by atoms with van der Waals surface area (Å²) < 4.78 is 51.7. The number of benzene rings is 2. The number of carbonyl (C=O) groups is 2. The summed E-state index contributed by atoms with van der Waals surface area (Å²) >= 11 is 0.